The maximum atomic E-state index is 12.4. The van der Waals surface area contributed by atoms with Crippen molar-refractivity contribution in [3.05, 3.63) is 5.28 Å². The van der Waals surface area contributed by atoms with Gasteiger partial charge in [0.15, 0.2) is 11.6 Å². The van der Waals surface area contributed by atoms with Gasteiger partial charge in [0.25, 0.3) is 0 Å². The fourth-order valence-electron chi connectivity index (χ4n) is 3.58. The number of aromatic nitrogens is 2. The van der Waals surface area contributed by atoms with Crippen LogP contribution in [-0.2, 0) is 14.3 Å². The fourth-order valence-corrected chi connectivity index (χ4v) is 3.75. The number of nitrogens with zero attached hydrogens (tertiary/aromatic N) is 5. The Morgan fingerprint density at radius 2 is 1.84 bits per heavy atom. The number of anilines is 3. The molecule has 2 aliphatic rings. The molecular formula is C20H33ClN6O4. The molecule has 2 saturated heterocycles. The average molecular weight is 457 g/mol. The molecule has 0 radical (unpaired) electrons. The molecule has 2 aliphatic heterocycles. The second-order valence-corrected chi connectivity index (χ2v) is 9.02. The van der Waals surface area contributed by atoms with E-state index in [1.165, 1.54) is 0 Å². The van der Waals surface area contributed by atoms with Crippen LogP contribution < -0.4 is 15.3 Å². The van der Waals surface area contributed by atoms with E-state index in [1.807, 2.05) is 27.8 Å². The van der Waals surface area contributed by atoms with E-state index in [-0.39, 0.29) is 17.4 Å². The molecule has 2 fully saturated rings. The van der Waals surface area contributed by atoms with Crippen molar-refractivity contribution in [1.29, 1.82) is 0 Å². The summed E-state index contributed by atoms with van der Waals surface area (Å²) >= 11 is 6.30. The van der Waals surface area contributed by atoms with Gasteiger partial charge in [-0.2, -0.15) is 9.97 Å². The normalized spacial score (nSPS) is 18.1. The molecule has 0 spiro atoms. The highest BCUT2D eigenvalue weighted by Gasteiger charge is 2.30. The van der Waals surface area contributed by atoms with Gasteiger partial charge in [-0.15, -0.1) is 0 Å². The molecule has 174 valence electrons. The van der Waals surface area contributed by atoms with Crippen molar-refractivity contribution in [2.45, 2.75) is 45.3 Å². The first-order valence-corrected chi connectivity index (χ1v) is 11.0. The molecule has 1 aromatic rings. The van der Waals surface area contributed by atoms with E-state index >= 15 is 0 Å². The third-order valence-electron chi connectivity index (χ3n) is 5.22. The van der Waals surface area contributed by atoms with Crippen LogP contribution in [-0.4, -0.2) is 86.2 Å². The van der Waals surface area contributed by atoms with Gasteiger partial charge in [0.05, 0.1) is 7.11 Å². The second-order valence-electron chi connectivity index (χ2n) is 8.68. The molecule has 10 nitrogen and oxygen atoms in total. The van der Waals surface area contributed by atoms with Gasteiger partial charge in [0.1, 0.15) is 11.3 Å². The van der Waals surface area contributed by atoms with E-state index in [0.717, 1.165) is 12.8 Å². The molecule has 1 amide bonds. The van der Waals surface area contributed by atoms with Crippen LogP contribution in [0.5, 0.6) is 0 Å². The molecule has 0 aromatic carbocycles. The minimum Gasteiger partial charge on any atom is -0.444 e. The number of piperazine rings is 1. The van der Waals surface area contributed by atoms with Crippen LogP contribution in [0.2, 0.25) is 5.28 Å². The van der Waals surface area contributed by atoms with Crippen LogP contribution in [0, 0.1) is 0 Å². The molecule has 0 bridgehead atoms. The Kier molecular flexibility index (Phi) is 7.66. The summed E-state index contributed by atoms with van der Waals surface area (Å²) in [5.74, 6) is 1.29. The first-order valence-electron chi connectivity index (χ1n) is 10.6. The quantitative estimate of drug-likeness (QED) is 0.530. The summed E-state index contributed by atoms with van der Waals surface area (Å²) in [5.41, 5.74) is 0.192. The Morgan fingerprint density at radius 3 is 2.42 bits per heavy atom. The third kappa shape index (κ3) is 6.24. The van der Waals surface area contributed by atoms with Crippen LogP contribution in [0.3, 0.4) is 0 Å². The highest BCUT2D eigenvalue weighted by atomic mass is 35.5. The maximum Gasteiger partial charge on any atom is 0.410 e. The lowest BCUT2D eigenvalue weighted by atomic mass is 10.1. The van der Waals surface area contributed by atoms with E-state index in [4.69, 9.17) is 25.9 Å². The summed E-state index contributed by atoms with van der Waals surface area (Å²) in [5, 5.41) is 5.28. The number of halogens is 1. The van der Waals surface area contributed by atoms with Crippen molar-refractivity contribution >= 4 is 35.0 Å². The van der Waals surface area contributed by atoms with Gasteiger partial charge in [0.2, 0.25) is 5.28 Å². The van der Waals surface area contributed by atoms with E-state index < -0.39 is 5.60 Å². The molecule has 0 aliphatic carbocycles. The van der Waals surface area contributed by atoms with Crippen LogP contribution >= 0.6 is 11.6 Å². The molecule has 3 rings (SSSR count). The van der Waals surface area contributed by atoms with E-state index in [1.54, 1.807) is 17.1 Å². The van der Waals surface area contributed by atoms with Crippen molar-refractivity contribution in [2.24, 2.45) is 0 Å². The summed E-state index contributed by atoms with van der Waals surface area (Å²) in [6.45, 7) is 9.25. The number of carbonyl (C=O) groups excluding carboxylic acids is 1. The Labute approximate surface area is 188 Å². The SMILES string of the molecule is CON(C)c1c(NC2CCOCC2)nc(Cl)nc1N1CCN(C(=O)OC(C)(C)C)CC1. The fraction of sp³-hybridized carbons (Fsp3) is 0.750. The molecule has 1 N–H and O–H groups in total. The molecule has 11 heteroatoms. The summed E-state index contributed by atoms with van der Waals surface area (Å²) in [6.07, 6.45) is 1.48. The highest BCUT2D eigenvalue weighted by molar-refractivity contribution is 6.28. The summed E-state index contributed by atoms with van der Waals surface area (Å²) in [6, 6.07) is 0.237. The lowest BCUT2D eigenvalue weighted by Gasteiger charge is -2.37. The van der Waals surface area contributed by atoms with Gasteiger partial charge >= 0.3 is 6.09 Å². The van der Waals surface area contributed by atoms with E-state index in [0.29, 0.717) is 56.7 Å². The number of rotatable bonds is 5. The van der Waals surface area contributed by atoms with Gasteiger partial charge in [-0.3, -0.25) is 9.90 Å². The van der Waals surface area contributed by atoms with Crippen molar-refractivity contribution in [2.75, 3.05) is 68.8 Å². The first-order chi connectivity index (χ1) is 14.7. The topological polar surface area (TPSA) is 92.3 Å². The summed E-state index contributed by atoms with van der Waals surface area (Å²) in [4.78, 5) is 30.6. The van der Waals surface area contributed by atoms with Crippen molar-refractivity contribution in [1.82, 2.24) is 14.9 Å². The van der Waals surface area contributed by atoms with Crippen molar-refractivity contribution < 1.29 is 19.1 Å². The Hall–Kier alpha value is -2.04. The van der Waals surface area contributed by atoms with E-state index in [9.17, 15) is 4.79 Å². The number of hydrogen-bond acceptors (Lipinski definition) is 9. The first kappa shape index (κ1) is 23.6. The summed E-state index contributed by atoms with van der Waals surface area (Å²) in [7, 11) is 3.40. The zero-order chi connectivity index (χ0) is 22.6. The third-order valence-corrected chi connectivity index (χ3v) is 5.39. The highest BCUT2D eigenvalue weighted by Crippen LogP contribution is 2.36. The van der Waals surface area contributed by atoms with Crippen LogP contribution in [0.1, 0.15) is 33.6 Å². The Morgan fingerprint density at radius 1 is 1.19 bits per heavy atom. The minimum absolute atomic E-state index is 0.160. The second kappa shape index (κ2) is 10.1. The Balaban J connectivity index is 1.79. The average Bonchev–Trinajstić information content (AvgIpc) is 2.72. The largest absolute Gasteiger partial charge is 0.444 e. The number of amides is 1. The van der Waals surface area contributed by atoms with Gasteiger partial charge in [0, 0.05) is 52.5 Å². The number of ether oxygens (including phenoxy) is 2. The number of nitrogens with one attached hydrogen (secondary N) is 1. The molecule has 3 heterocycles. The molecule has 0 unspecified atom stereocenters. The predicted octanol–water partition coefficient (Wildman–Crippen LogP) is 2.78. The predicted molar refractivity (Wildman–Crippen MR) is 120 cm³/mol. The zero-order valence-corrected chi connectivity index (χ0v) is 19.7. The standard InChI is InChI=1S/C20H33ClN6O4/c1-20(2,3)31-19(28)27-10-8-26(9-11-27)17-15(25(4)29-5)16(23-18(21)24-17)22-14-6-12-30-13-7-14/h14H,6-13H2,1-5H3,(H,22,23,24). The number of hydrogen-bond donors (Lipinski definition) is 1. The molecule has 1 aromatic heterocycles. The molecule has 0 saturated carbocycles. The molecule has 0 atom stereocenters. The van der Waals surface area contributed by atoms with Crippen molar-refractivity contribution in [3.63, 3.8) is 0 Å². The maximum absolute atomic E-state index is 12.4. The minimum atomic E-state index is -0.520. The molecular weight excluding hydrogens is 424 g/mol. The van der Waals surface area contributed by atoms with Gasteiger partial charge in [-0.1, -0.05) is 0 Å². The Bertz CT molecular complexity index is 761. The smallest absolute Gasteiger partial charge is 0.410 e. The number of hydroxylamine groups is 1. The summed E-state index contributed by atoms with van der Waals surface area (Å²) < 4.78 is 10.9. The molecule has 31 heavy (non-hydrogen) atoms. The van der Waals surface area contributed by atoms with Gasteiger partial charge in [-0.05, 0) is 45.2 Å². The van der Waals surface area contributed by atoms with Crippen molar-refractivity contribution in [3.8, 4) is 0 Å². The van der Waals surface area contributed by atoms with Crippen LogP contribution in [0.25, 0.3) is 0 Å². The lowest BCUT2D eigenvalue weighted by Crippen LogP contribution is -2.50. The van der Waals surface area contributed by atoms with Crippen LogP contribution in [0.15, 0.2) is 0 Å². The monoisotopic (exact) mass is 456 g/mol. The van der Waals surface area contributed by atoms with E-state index in [2.05, 4.69) is 20.2 Å². The lowest BCUT2D eigenvalue weighted by molar-refractivity contribution is 0.0240. The van der Waals surface area contributed by atoms with Crippen LogP contribution in [0.4, 0.5) is 22.1 Å². The van der Waals surface area contributed by atoms with Gasteiger partial charge in [-0.25, -0.2) is 4.79 Å². The zero-order valence-electron chi connectivity index (χ0n) is 19.0. The van der Waals surface area contributed by atoms with Gasteiger partial charge < -0.3 is 24.6 Å². The number of carbonyl (C=O) groups is 1.